The second-order valence-corrected chi connectivity index (χ2v) is 7.81. The fourth-order valence-corrected chi connectivity index (χ4v) is 3.73. The zero-order chi connectivity index (χ0) is 16.5. The molecule has 2 rings (SSSR count). The third-order valence-corrected chi connectivity index (χ3v) is 4.62. The number of carbonyl (C=O) groups is 1. The molecule has 0 aromatic carbocycles. The summed E-state index contributed by atoms with van der Waals surface area (Å²) < 4.78 is 24.8. The molecule has 0 radical (unpaired) electrons. The number of sulfone groups is 1. The van der Waals surface area contributed by atoms with Gasteiger partial charge in [-0.15, -0.1) is 0 Å². The molecule has 2 aromatic heterocycles. The molecule has 0 fully saturated rings. The molecule has 0 bridgehead atoms. The largest absolute Gasteiger partial charge is 0.335 e. The highest BCUT2D eigenvalue weighted by atomic mass is 32.2. The molecule has 0 aliphatic rings. The smallest absolute Gasteiger partial charge is 0.257 e. The van der Waals surface area contributed by atoms with E-state index >= 15 is 0 Å². The average molecular weight is 323 g/mol. The van der Waals surface area contributed by atoms with Crippen molar-refractivity contribution in [2.75, 3.05) is 18.6 Å². The molecule has 7 heteroatoms. The van der Waals surface area contributed by atoms with Crippen LogP contribution in [0.5, 0.6) is 0 Å². The molecule has 0 saturated heterocycles. The van der Waals surface area contributed by atoms with Gasteiger partial charge in [-0.25, -0.2) is 13.4 Å². The number of nitrogens with zero attached hydrogens (tertiary/aromatic N) is 3. The van der Waals surface area contributed by atoms with E-state index in [0.29, 0.717) is 17.8 Å². The highest BCUT2D eigenvalue weighted by Gasteiger charge is 2.25. The Hall–Kier alpha value is -1.89. The molecule has 22 heavy (non-hydrogen) atoms. The van der Waals surface area contributed by atoms with E-state index < -0.39 is 9.84 Å². The number of hydrogen-bond acceptors (Lipinski definition) is 4. The predicted molar refractivity (Wildman–Crippen MR) is 85.8 cm³/mol. The Morgan fingerprint density at radius 1 is 1.45 bits per heavy atom. The Morgan fingerprint density at radius 3 is 2.73 bits per heavy atom. The number of imidazole rings is 1. The van der Waals surface area contributed by atoms with E-state index in [1.54, 1.807) is 34.7 Å². The average Bonchev–Trinajstić information content (AvgIpc) is 2.84. The number of aryl methyl sites for hydroxylation is 1. The maximum atomic E-state index is 12.8. The maximum Gasteiger partial charge on any atom is 0.257 e. The van der Waals surface area contributed by atoms with Gasteiger partial charge >= 0.3 is 0 Å². The van der Waals surface area contributed by atoms with E-state index in [9.17, 15) is 13.2 Å². The first kappa shape index (κ1) is 16.5. The van der Waals surface area contributed by atoms with Gasteiger partial charge in [0.15, 0.2) is 0 Å². The van der Waals surface area contributed by atoms with Gasteiger partial charge in [0.1, 0.15) is 15.5 Å². The van der Waals surface area contributed by atoms with Crippen LogP contribution in [-0.4, -0.2) is 53.2 Å². The lowest BCUT2D eigenvalue weighted by atomic mass is 10.1. The lowest BCUT2D eigenvalue weighted by Gasteiger charge is -2.27. The number of fused-ring (bicyclic) bond motifs is 1. The van der Waals surface area contributed by atoms with Gasteiger partial charge in [-0.1, -0.05) is 0 Å². The van der Waals surface area contributed by atoms with E-state index in [1.165, 1.54) is 6.26 Å². The Bertz CT molecular complexity index is 795. The molecule has 0 spiro atoms. The summed E-state index contributed by atoms with van der Waals surface area (Å²) in [5.74, 6) is -0.248. The number of aromatic nitrogens is 2. The van der Waals surface area contributed by atoms with Crippen LogP contribution in [0.3, 0.4) is 0 Å². The standard InChI is InChI=1S/C15H21N3O3S/c1-5-18(12(3)10-22(4,20)21)15(19)13-8-11(2)9-17-7-6-16-14(13)17/h6-9,12H,5,10H2,1-4H3. The molecule has 0 aliphatic carbocycles. The van der Waals surface area contributed by atoms with Crippen LogP contribution in [0.2, 0.25) is 0 Å². The van der Waals surface area contributed by atoms with Crippen molar-refractivity contribution in [2.45, 2.75) is 26.8 Å². The minimum atomic E-state index is -3.15. The summed E-state index contributed by atoms with van der Waals surface area (Å²) in [6.45, 7) is 5.94. The Morgan fingerprint density at radius 2 is 2.14 bits per heavy atom. The van der Waals surface area contributed by atoms with Crippen molar-refractivity contribution in [3.63, 3.8) is 0 Å². The van der Waals surface area contributed by atoms with Gasteiger partial charge in [0.05, 0.1) is 11.3 Å². The Kier molecular flexibility index (Phi) is 4.55. The predicted octanol–water partition coefficient (Wildman–Crippen LogP) is 1.54. The fraction of sp³-hybridized carbons (Fsp3) is 0.467. The van der Waals surface area contributed by atoms with Crippen molar-refractivity contribution in [2.24, 2.45) is 0 Å². The molecule has 1 atom stereocenters. The van der Waals surface area contributed by atoms with Crippen molar-refractivity contribution >= 4 is 21.4 Å². The van der Waals surface area contributed by atoms with Crippen molar-refractivity contribution in [1.82, 2.24) is 14.3 Å². The number of rotatable bonds is 5. The van der Waals surface area contributed by atoms with Gasteiger partial charge in [0.25, 0.3) is 5.91 Å². The summed E-state index contributed by atoms with van der Waals surface area (Å²) >= 11 is 0. The number of amides is 1. The summed E-state index contributed by atoms with van der Waals surface area (Å²) in [5.41, 5.74) is 2.02. The van der Waals surface area contributed by atoms with Crippen molar-refractivity contribution in [3.8, 4) is 0 Å². The van der Waals surface area contributed by atoms with Crippen LogP contribution in [0, 0.1) is 6.92 Å². The van der Waals surface area contributed by atoms with Gasteiger partial charge in [-0.05, 0) is 32.4 Å². The second kappa shape index (κ2) is 6.08. The van der Waals surface area contributed by atoms with Crippen molar-refractivity contribution < 1.29 is 13.2 Å². The topological polar surface area (TPSA) is 71.8 Å². The molecule has 2 aromatic rings. The van der Waals surface area contributed by atoms with Crippen LogP contribution < -0.4 is 0 Å². The highest BCUT2D eigenvalue weighted by Crippen LogP contribution is 2.16. The molecule has 6 nitrogen and oxygen atoms in total. The Labute approximate surface area is 130 Å². The van der Waals surface area contributed by atoms with E-state index in [2.05, 4.69) is 4.98 Å². The molecule has 0 saturated carbocycles. The first-order chi connectivity index (χ1) is 10.2. The number of hydrogen-bond donors (Lipinski definition) is 0. The summed E-state index contributed by atoms with van der Waals surface area (Å²) in [6.07, 6.45) is 6.51. The SMILES string of the molecule is CCN(C(=O)c1cc(C)cn2ccnc12)C(C)CS(C)(=O)=O. The molecule has 0 aliphatic heterocycles. The lowest BCUT2D eigenvalue weighted by Crippen LogP contribution is -2.42. The molecule has 0 N–H and O–H groups in total. The van der Waals surface area contributed by atoms with Crippen LogP contribution >= 0.6 is 0 Å². The first-order valence-electron chi connectivity index (χ1n) is 7.15. The Balaban J connectivity index is 2.40. The van der Waals surface area contributed by atoms with E-state index in [-0.39, 0.29) is 17.7 Å². The summed E-state index contributed by atoms with van der Waals surface area (Å²) in [6, 6.07) is 1.41. The van der Waals surface area contributed by atoms with Crippen LogP contribution in [0.25, 0.3) is 5.65 Å². The van der Waals surface area contributed by atoms with Crippen LogP contribution in [0.1, 0.15) is 29.8 Å². The molecule has 120 valence electrons. The van der Waals surface area contributed by atoms with E-state index in [4.69, 9.17) is 0 Å². The van der Waals surface area contributed by atoms with Gasteiger partial charge in [0.2, 0.25) is 0 Å². The molecule has 2 heterocycles. The normalized spacial score (nSPS) is 13.3. The van der Waals surface area contributed by atoms with Gasteiger partial charge in [-0.3, -0.25) is 4.79 Å². The van der Waals surface area contributed by atoms with Gasteiger partial charge in [-0.2, -0.15) is 0 Å². The molecular weight excluding hydrogens is 302 g/mol. The van der Waals surface area contributed by atoms with Crippen LogP contribution in [-0.2, 0) is 9.84 Å². The molecule has 1 amide bonds. The minimum Gasteiger partial charge on any atom is -0.335 e. The summed E-state index contributed by atoms with van der Waals surface area (Å²) in [4.78, 5) is 18.6. The van der Waals surface area contributed by atoms with Gasteiger partial charge < -0.3 is 9.30 Å². The number of pyridine rings is 1. The molecular formula is C15H21N3O3S. The quantitative estimate of drug-likeness (QED) is 0.837. The van der Waals surface area contributed by atoms with Crippen molar-refractivity contribution in [3.05, 3.63) is 35.8 Å². The van der Waals surface area contributed by atoms with Crippen LogP contribution in [0.4, 0.5) is 0 Å². The first-order valence-corrected chi connectivity index (χ1v) is 9.21. The fourth-order valence-electron chi connectivity index (χ4n) is 2.67. The second-order valence-electron chi connectivity index (χ2n) is 5.62. The maximum absolute atomic E-state index is 12.8. The zero-order valence-corrected chi connectivity index (χ0v) is 14.1. The zero-order valence-electron chi connectivity index (χ0n) is 13.3. The third-order valence-electron chi connectivity index (χ3n) is 3.53. The lowest BCUT2D eigenvalue weighted by molar-refractivity contribution is 0.0720. The minimum absolute atomic E-state index is 0.0525. The van der Waals surface area contributed by atoms with Crippen molar-refractivity contribution in [1.29, 1.82) is 0 Å². The highest BCUT2D eigenvalue weighted by molar-refractivity contribution is 7.90. The van der Waals surface area contributed by atoms with Gasteiger partial charge in [0, 0.05) is 37.4 Å². The van der Waals surface area contributed by atoms with E-state index in [0.717, 1.165) is 5.56 Å². The number of carbonyl (C=O) groups excluding carboxylic acids is 1. The molecule has 1 unspecified atom stereocenters. The van der Waals surface area contributed by atoms with E-state index in [1.807, 2.05) is 20.0 Å². The summed E-state index contributed by atoms with van der Waals surface area (Å²) in [5, 5.41) is 0. The third kappa shape index (κ3) is 3.47. The van der Waals surface area contributed by atoms with Crippen LogP contribution in [0.15, 0.2) is 24.7 Å². The monoisotopic (exact) mass is 323 g/mol. The summed E-state index contributed by atoms with van der Waals surface area (Å²) in [7, 11) is -3.15.